The van der Waals surface area contributed by atoms with Crippen LogP contribution in [-0.2, 0) is 16.6 Å². The molecule has 0 unspecified atom stereocenters. The number of hydrogen-bond acceptors (Lipinski definition) is 3. The fraction of sp³-hybridized carbons (Fsp3) is 0.188. The maximum atomic E-state index is 13.3. The average molecular weight is 336 g/mol. The van der Waals surface area contributed by atoms with E-state index in [1.807, 2.05) is 0 Å². The summed E-state index contributed by atoms with van der Waals surface area (Å²) in [5.74, 6) is -0.867. The lowest BCUT2D eigenvalue weighted by Crippen LogP contribution is -2.24. The summed E-state index contributed by atoms with van der Waals surface area (Å²) < 4.78 is 40.3. The van der Waals surface area contributed by atoms with Crippen LogP contribution in [0.2, 0.25) is 0 Å². The van der Waals surface area contributed by atoms with E-state index in [0.717, 1.165) is 6.07 Å². The zero-order chi connectivity index (χ0) is 17.0. The van der Waals surface area contributed by atoms with Crippen LogP contribution in [0.3, 0.4) is 0 Å². The summed E-state index contributed by atoms with van der Waals surface area (Å²) in [5.41, 5.74) is 1.52. The number of carbonyl (C=O) groups is 1. The molecule has 0 aliphatic carbocycles. The number of halogens is 1. The SMILES string of the molecule is CNC(=O)c1cccc(CNS(=O)(=O)c2cc(F)ccc2C)c1. The third kappa shape index (κ3) is 4.14. The van der Waals surface area contributed by atoms with Crippen molar-refractivity contribution in [3.63, 3.8) is 0 Å². The molecule has 5 nitrogen and oxygen atoms in total. The number of amides is 1. The monoisotopic (exact) mass is 336 g/mol. The van der Waals surface area contributed by atoms with Crippen molar-refractivity contribution in [2.75, 3.05) is 7.05 Å². The van der Waals surface area contributed by atoms with Gasteiger partial charge in [0.15, 0.2) is 0 Å². The Bertz CT molecular complexity index is 835. The Balaban J connectivity index is 2.20. The summed E-state index contributed by atoms with van der Waals surface area (Å²) in [6.45, 7) is 1.60. The van der Waals surface area contributed by atoms with Crippen LogP contribution >= 0.6 is 0 Å². The number of sulfonamides is 1. The Morgan fingerprint density at radius 1 is 1.17 bits per heavy atom. The Morgan fingerprint density at radius 3 is 2.61 bits per heavy atom. The van der Waals surface area contributed by atoms with Gasteiger partial charge in [0.05, 0.1) is 4.90 Å². The van der Waals surface area contributed by atoms with E-state index in [1.165, 1.54) is 19.2 Å². The molecule has 0 saturated heterocycles. The van der Waals surface area contributed by atoms with Crippen molar-refractivity contribution in [3.8, 4) is 0 Å². The van der Waals surface area contributed by atoms with Crippen LogP contribution in [-0.4, -0.2) is 21.4 Å². The smallest absolute Gasteiger partial charge is 0.251 e. The number of aryl methyl sites for hydroxylation is 1. The molecule has 0 heterocycles. The first-order chi connectivity index (χ1) is 10.8. The van der Waals surface area contributed by atoms with Crippen molar-refractivity contribution in [2.45, 2.75) is 18.4 Å². The molecule has 2 N–H and O–H groups in total. The zero-order valence-electron chi connectivity index (χ0n) is 12.8. The number of rotatable bonds is 5. The van der Waals surface area contributed by atoms with Crippen molar-refractivity contribution >= 4 is 15.9 Å². The molecule has 7 heteroatoms. The quantitative estimate of drug-likeness (QED) is 0.876. The third-order valence-corrected chi connectivity index (χ3v) is 4.87. The molecule has 0 atom stereocenters. The molecular formula is C16H17FN2O3S. The van der Waals surface area contributed by atoms with Gasteiger partial charge < -0.3 is 5.32 Å². The van der Waals surface area contributed by atoms with Crippen LogP contribution in [0.5, 0.6) is 0 Å². The van der Waals surface area contributed by atoms with Gasteiger partial charge in [-0.25, -0.2) is 17.5 Å². The second-order valence-corrected chi connectivity index (χ2v) is 6.75. The standard InChI is InChI=1S/C16H17FN2O3S/c1-11-6-7-14(17)9-15(11)23(21,22)19-10-12-4-3-5-13(8-12)16(20)18-2/h3-9,19H,10H2,1-2H3,(H,18,20). The summed E-state index contributed by atoms with van der Waals surface area (Å²) in [6.07, 6.45) is 0. The number of benzene rings is 2. The highest BCUT2D eigenvalue weighted by molar-refractivity contribution is 7.89. The summed E-state index contributed by atoms with van der Waals surface area (Å²) in [7, 11) is -2.32. The molecule has 2 rings (SSSR count). The largest absolute Gasteiger partial charge is 0.355 e. The molecular weight excluding hydrogens is 319 g/mol. The summed E-state index contributed by atoms with van der Waals surface area (Å²) in [4.78, 5) is 11.5. The first kappa shape index (κ1) is 17.1. The van der Waals surface area contributed by atoms with Crippen molar-refractivity contribution in [1.29, 1.82) is 0 Å². The van der Waals surface area contributed by atoms with Crippen LogP contribution in [0.1, 0.15) is 21.5 Å². The summed E-state index contributed by atoms with van der Waals surface area (Å²) in [6, 6.07) is 10.2. The van der Waals surface area contributed by atoms with Crippen LogP contribution in [0.4, 0.5) is 4.39 Å². The van der Waals surface area contributed by atoms with Gasteiger partial charge in [-0.2, -0.15) is 0 Å². The Morgan fingerprint density at radius 2 is 1.91 bits per heavy atom. The minimum absolute atomic E-state index is 0.00310. The van der Waals surface area contributed by atoms with E-state index >= 15 is 0 Å². The molecule has 23 heavy (non-hydrogen) atoms. The van der Waals surface area contributed by atoms with E-state index < -0.39 is 15.8 Å². The second kappa shape index (κ2) is 6.89. The Hall–Kier alpha value is -2.25. The molecule has 1 amide bonds. The fourth-order valence-corrected chi connectivity index (χ4v) is 3.36. The molecule has 122 valence electrons. The predicted molar refractivity (Wildman–Crippen MR) is 85.0 cm³/mol. The summed E-state index contributed by atoms with van der Waals surface area (Å²) >= 11 is 0. The summed E-state index contributed by atoms with van der Waals surface area (Å²) in [5, 5.41) is 2.50. The maximum Gasteiger partial charge on any atom is 0.251 e. The van der Waals surface area contributed by atoms with Crippen LogP contribution < -0.4 is 10.0 Å². The third-order valence-electron chi connectivity index (χ3n) is 3.32. The normalized spacial score (nSPS) is 11.3. The maximum absolute atomic E-state index is 13.3. The van der Waals surface area contributed by atoms with Crippen molar-refractivity contribution < 1.29 is 17.6 Å². The van der Waals surface area contributed by atoms with Gasteiger partial charge in [-0.3, -0.25) is 4.79 Å². The van der Waals surface area contributed by atoms with Gasteiger partial charge in [0.25, 0.3) is 5.91 Å². The van der Waals surface area contributed by atoms with Gasteiger partial charge in [-0.05, 0) is 42.3 Å². The molecule has 0 bridgehead atoms. The van der Waals surface area contributed by atoms with Gasteiger partial charge in [-0.1, -0.05) is 18.2 Å². The van der Waals surface area contributed by atoms with Crippen LogP contribution in [0.25, 0.3) is 0 Å². The molecule has 2 aromatic rings. The Labute approximate surface area is 134 Å². The van der Waals surface area contributed by atoms with Gasteiger partial charge in [0, 0.05) is 19.2 Å². The van der Waals surface area contributed by atoms with E-state index in [4.69, 9.17) is 0 Å². The Kier molecular flexibility index (Phi) is 5.12. The number of carbonyl (C=O) groups excluding carboxylic acids is 1. The van der Waals surface area contributed by atoms with Gasteiger partial charge in [-0.15, -0.1) is 0 Å². The predicted octanol–water partition coefficient (Wildman–Crippen LogP) is 1.97. The number of hydrogen-bond donors (Lipinski definition) is 2. The van der Waals surface area contributed by atoms with E-state index in [9.17, 15) is 17.6 Å². The lowest BCUT2D eigenvalue weighted by molar-refractivity contribution is 0.0963. The first-order valence-corrected chi connectivity index (χ1v) is 8.38. The van der Waals surface area contributed by atoms with Crippen molar-refractivity contribution in [1.82, 2.24) is 10.0 Å². The molecule has 0 spiro atoms. The topological polar surface area (TPSA) is 75.3 Å². The lowest BCUT2D eigenvalue weighted by Gasteiger charge is -2.10. The van der Waals surface area contributed by atoms with E-state index in [1.54, 1.807) is 31.2 Å². The molecule has 0 fully saturated rings. The number of nitrogens with one attached hydrogen (secondary N) is 2. The molecule has 2 aromatic carbocycles. The highest BCUT2D eigenvalue weighted by Crippen LogP contribution is 2.17. The van der Waals surface area contributed by atoms with E-state index in [2.05, 4.69) is 10.0 Å². The molecule has 0 aromatic heterocycles. The van der Waals surface area contributed by atoms with Gasteiger partial charge in [0.2, 0.25) is 10.0 Å². The average Bonchev–Trinajstić information content (AvgIpc) is 2.54. The highest BCUT2D eigenvalue weighted by atomic mass is 32.2. The molecule has 0 aliphatic rings. The van der Waals surface area contributed by atoms with Crippen molar-refractivity contribution in [3.05, 3.63) is 65.0 Å². The molecule has 0 saturated carbocycles. The first-order valence-electron chi connectivity index (χ1n) is 6.90. The highest BCUT2D eigenvalue weighted by Gasteiger charge is 2.17. The fourth-order valence-electron chi connectivity index (χ4n) is 2.09. The van der Waals surface area contributed by atoms with Crippen LogP contribution in [0.15, 0.2) is 47.4 Å². The van der Waals surface area contributed by atoms with E-state index in [-0.39, 0.29) is 17.3 Å². The van der Waals surface area contributed by atoms with Gasteiger partial charge in [0.1, 0.15) is 5.82 Å². The molecule has 0 radical (unpaired) electrons. The second-order valence-electron chi connectivity index (χ2n) is 5.01. The minimum Gasteiger partial charge on any atom is -0.355 e. The molecule has 0 aliphatic heterocycles. The van der Waals surface area contributed by atoms with Gasteiger partial charge >= 0.3 is 0 Å². The van der Waals surface area contributed by atoms with Crippen molar-refractivity contribution in [2.24, 2.45) is 0 Å². The zero-order valence-corrected chi connectivity index (χ0v) is 13.6. The van der Waals surface area contributed by atoms with Crippen LogP contribution in [0, 0.1) is 12.7 Å². The minimum atomic E-state index is -3.84. The van der Waals surface area contributed by atoms with E-state index in [0.29, 0.717) is 16.7 Å². The lowest BCUT2D eigenvalue weighted by atomic mass is 10.1.